The first-order valence-electron chi connectivity index (χ1n) is 20.6. The number of aliphatic hydroxyl groups excluding tert-OH is 1. The summed E-state index contributed by atoms with van der Waals surface area (Å²) in [5.74, 6) is -6.45. The molecule has 3 N–H and O–H groups in total. The second-order valence-electron chi connectivity index (χ2n) is 18.0. The van der Waals surface area contributed by atoms with Crippen molar-refractivity contribution in [2.24, 2.45) is 47.3 Å². The minimum absolute atomic E-state index is 0.00877. The molecule has 0 aromatic rings. The lowest BCUT2D eigenvalue weighted by Crippen LogP contribution is -2.62. The first-order chi connectivity index (χ1) is 24.8. The fraction of sp³-hybridized carbons (Fsp3) is 0.881. The predicted molar refractivity (Wildman–Crippen MR) is 198 cm³/mol. The van der Waals surface area contributed by atoms with Gasteiger partial charge in [-0.2, -0.15) is 0 Å². The van der Waals surface area contributed by atoms with Gasteiger partial charge in [-0.15, -0.1) is 0 Å². The summed E-state index contributed by atoms with van der Waals surface area (Å²) in [6, 6.07) is 0. The summed E-state index contributed by atoms with van der Waals surface area (Å²) in [6.45, 7) is 19.8. The molecule has 4 saturated heterocycles. The van der Waals surface area contributed by atoms with Crippen LogP contribution in [0.5, 0.6) is 0 Å². The molecule has 5 heterocycles. The van der Waals surface area contributed by atoms with Gasteiger partial charge >= 0.3 is 5.97 Å². The van der Waals surface area contributed by atoms with Gasteiger partial charge in [-0.3, -0.25) is 14.4 Å². The van der Waals surface area contributed by atoms with Crippen molar-refractivity contribution in [3.05, 3.63) is 12.2 Å². The number of rotatable bonds is 12. The molecular weight excluding hydrogens is 680 g/mol. The van der Waals surface area contributed by atoms with E-state index in [9.17, 15) is 29.7 Å². The monoisotopic (exact) mass is 748 g/mol. The number of aliphatic carboxylic acids is 1. The van der Waals surface area contributed by atoms with Crippen molar-refractivity contribution in [2.45, 2.75) is 180 Å². The molecule has 0 aromatic carbocycles. The smallest absolute Gasteiger partial charge is 0.309 e. The first kappa shape index (κ1) is 42.4. The van der Waals surface area contributed by atoms with E-state index in [-0.39, 0.29) is 47.9 Å². The summed E-state index contributed by atoms with van der Waals surface area (Å²) in [7, 11) is 0. The molecule has 0 radical (unpaired) electrons. The molecule has 0 saturated carbocycles. The molecule has 2 spiro atoms. The van der Waals surface area contributed by atoms with Gasteiger partial charge in [0, 0.05) is 30.1 Å². The molecule has 0 unspecified atom stereocenters. The minimum atomic E-state index is -1.56. The van der Waals surface area contributed by atoms with Crippen molar-refractivity contribution in [1.82, 2.24) is 0 Å². The summed E-state index contributed by atoms with van der Waals surface area (Å²) < 4.78 is 33.0. The maximum absolute atomic E-state index is 14.4. The van der Waals surface area contributed by atoms with E-state index >= 15 is 0 Å². The third-order valence-electron chi connectivity index (χ3n) is 14.1. The molecule has 4 fully saturated rings. The predicted octanol–water partition coefficient (Wildman–Crippen LogP) is 6.25. The fourth-order valence-electron chi connectivity index (χ4n) is 10.4. The topological polar surface area (TPSA) is 158 Å². The Morgan fingerprint density at radius 2 is 1.55 bits per heavy atom. The Bertz CT molecular complexity index is 1360. The highest BCUT2D eigenvalue weighted by molar-refractivity contribution is 5.97. The van der Waals surface area contributed by atoms with E-state index in [1.54, 1.807) is 13.0 Å². The Morgan fingerprint density at radius 1 is 0.906 bits per heavy atom. The van der Waals surface area contributed by atoms with Gasteiger partial charge in [-0.1, -0.05) is 62.3 Å². The Balaban J connectivity index is 1.31. The Hall–Kier alpha value is -1.73. The summed E-state index contributed by atoms with van der Waals surface area (Å²) >= 11 is 0. The van der Waals surface area contributed by atoms with Crippen LogP contribution in [0.3, 0.4) is 0 Å². The van der Waals surface area contributed by atoms with Gasteiger partial charge in [0.05, 0.1) is 54.2 Å². The third kappa shape index (κ3) is 7.96. The maximum atomic E-state index is 14.4. The SMILES string of the molecule is CC[C@@H](C(=O)O)[C@@H]1O[C@@H]([C@@H](C)[C@H](O)[C@H](C)C(=O)[C@H](CC)[C@H]2O[C@]3(C=CC(=O)[C@]4(CC[C@@](C)([C@H]5CC[C@](O)(CC)CO5)O4)O3)[C@H](C)C[C@@H]2C)[C@@H](C)C[C@@H]1C. The van der Waals surface area contributed by atoms with Gasteiger partial charge in [0.1, 0.15) is 5.78 Å². The molecule has 5 rings (SSSR count). The number of aliphatic hydroxyl groups is 2. The second kappa shape index (κ2) is 16.0. The summed E-state index contributed by atoms with van der Waals surface area (Å²) in [4.78, 5) is 40.1. The quantitative estimate of drug-likeness (QED) is 0.207. The van der Waals surface area contributed by atoms with Crippen molar-refractivity contribution < 1.29 is 53.4 Å². The summed E-state index contributed by atoms with van der Waals surface area (Å²) in [5.41, 5.74) is -1.65. The van der Waals surface area contributed by atoms with Crippen LogP contribution in [0.4, 0.5) is 0 Å². The van der Waals surface area contributed by atoms with Crippen LogP contribution in [-0.4, -0.2) is 92.8 Å². The molecule has 0 amide bonds. The van der Waals surface area contributed by atoms with E-state index in [2.05, 4.69) is 13.8 Å². The molecular formula is C42H68O11. The molecule has 5 aliphatic heterocycles. The molecule has 11 nitrogen and oxygen atoms in total. The zero-order valence-electron chi connectivity index (χ0n) is 33.8. The zero-order chi connectivity index (χ0) is 39.3. The highest BCUT2D eigenvalue weighted by Crippen LogP contribution is 2.53. The third-order valence-corrected chi connectivity index (χ3v) is 14.1. The molecule has 11 heteroatoms. The number of carbonyl (C=O) groups is 3. The van der Waals surface area contributed by atoms with E-state index in [4.69, 9.17) is 23.7 Å². The number of ketones is 2. The van der Waals surface area contributed by atoms with Crippen LogP contribution < -0.4 is 0 Å². The largest absolute Gasteiger partial charge is 0.481 e. The van der Waals surface area contributed by atoms with Gasteiger partial charge in [0.25, 0.3) is 0 Å². The van der Waals surface area contributed by atoms with Gasteiger partial charge in [-0.25, -0.2) is 0 Å². The van der Waals surface area contributed by atoms with Crippen molar-refractivity contribution in [1.29, 1.82) is 0 Å². The first-order valence-corrected chi connectivity index (χ1v) is 20.6. The number of carboxylic acid groups (broad SMARTS) is 1. The summed E-state index contributed by atoms with van der Waals surface area (Å²) in [5, 5.41) is 32.4. The number of carboxylic acids is 1. The van der Waals surface area contributed by atoms with Crippen LogP contribution in [0.1, 0.15) is 127 Å². The van der Waals surface area contributed by atoms with Crippen LogP contribution in [0, 0.1) is 47.3 Å². The van der Waals surface area contributed by atoms with Crippen LogP contribution in [0.25, 0.3) is 0 Å². The minimum Gasteiger partial charge on any atom is -0.481 e. The number of ether oxygens (including phenoxy) is 5. The highest BCUT2D eigenvalue weighted by Gasteiger charge is 2.63. The Morgan fingerprint density at radius 3 is 2.13 bits per heavy atom. The van der Waals surface area contributed by atoms with Crippen LogP contribution in [-0.2, 0) is 38.1 Å². The van der Waals surface area contributed by atoms with Crippen molar-refractivity contribution in [3.8, 4) is 0 Å². The van der Waals surface area contributed by atoms with Gasteiger partial charge in [0.15, 0.2) is 5.79 Å². The number of hydrogen-bond acceptors (Lipinski definition) is 10. The molecule has 17 atom stereocenters. The lowest BCUT2D eigenvalue weighted by atomic mass is 9.72. The van der Waals surface area contributed by atoms with Crippen LogP contribution in [0.2, 0.25) is 0 Å². The average Bonchev–Trinajstić information content (AvgIpc) is 3.46. The van der Waals surface area contributed by atoms with Crippen LogP contribution in [0.15, 0.2) is 12.2 Å². The number of carbonyl (C=O) groups excluding carboxylic acids is 2. The van der Waals surface area contributed by atoms with Gasteiger partial charge in [-0.05, 0) is 88.2 Å². The molecule has 0 aromatic heterocycles. The van der Waals surface area contributed by atoms with E-state index < -0.39 is 76.8 Å². The number of hydrogen-bond donors (Lipinski definition) is 3. The normalized spacial score (nSPS) is 44.8. The van der Waals surface area contributed by atoms with Gasteiger partial charge in [0.2, 0.25) is 11.6 Å². The van der Waals surface area contributed by atoms with E-state index in [0.717, 1.165) is 6.42 Å². The lowest BCUT2D eigenvalue weighted by molar-refractivity contribution is -0.377. The van der Waals surface area contributed by atoms with E-state index in [1.807, 2.05) is 48.5 Å². The van der Waals surface area contributed by atoms with Crippen LogP contribution >= 0.6 is 0 Å². The lowest BCUT2D eigenvalue weighted by Gasteiger charge is -2.52. The number of Topliss-reactive ketones (excluding diaryl/α,β-unsaturated/α-hetero) is 1. The standard InChI is InChI=1S/C42H68O11/c1-11-29(34(45)27(8)33(44)28(9)35-23(4)20-24(5)36(50-35)30(12-2)38(46)47)37-25(6)21-26(7)41(51-37)17-14-31(43)42(53-41)19-18-39(10,52-42)32-15-16-40(48,13-3)22-49-32/h14,17,23-30,32-33,35-37,44,48H,11-13,15-16,18-22H2,1-10H3,(H,46,47)/t23-,24-,25-,26+,27-,28-,29-,30+,32+,33+,35+,36+,37-,39-,40+,41-,42-/m0/s1. The average molecular weight is 749 g/mol. The molecule has 0 aliphatic carbocycles. The zero-order valence-corrected chi connectivity index (χ0v) is 33.8. The maximum Gasteiger partial charge on any atom is 0.309 e. The van der Waals surface area contributed by atoms with E-state index in [0.29, 0.717) is 51.4 Å². The van der Waals surface area contributed by atoms with Crippen molar-refractivity contribution in [3.63, 3.8) is 0 Å². The van der Waals surface area contributed by atoms with Crippen molar-refractivity contribution >= 4 is 17.5 Å². The molecule has 0 bridgehead atoms. The fourth-order valence-corrected chi connectivity index (χ4v) is 10.4. The van der Waals surface area contributed by atoms with E-state index in [1.165, 1.54) is 6.08 Å². The van der Waals surface area contributed by atoms with Crippen molar-refractivity contribution in [2.75, 3.05) is 6.61 Å². The Labute approximate surface area is 316 Å². The molecule has 53 heavy (non-hydrogen) atoms. The molecule has 5 aliphatic rings. The second-order valence-corrected chi connectivity index (χ2v) is 18.0. The highest BCUT2D eigenvalue weighted by atomic mass is 16.8. The van der Waals surface area contributed by atoms with Gasteiger partial charge < -0.3 is 39.0 Å². The summed E-state index contributed by atoms with van der Waals surface area (Å²) in [6.07, 6.45) is 5.55. The Kier molecular flexibility index (Phi) is 12.8. The molecule has 302 valence electrons.